The molecule has 172 valence electrons. The van der Waals surface area contributed by atoms with Crippen LogP contribution < -0.4 is 16.0 Å². The summed E-state index contributed by atoms with van der Waals surface area (Å²) in [5.41, 5.74) is -0.882. The molecule has 0 aromatic carbocycles. The number of carbonyl (C=O) groups is 4. The van der Waals surface area contributed by atoms with Crippen LogP contribution in [0, 0.1) is 0 Å². The number of carbonyl (C=O) groups excluding carboxylic acids is 3. The number of nitrogens with one attached hydrogen (secondary N) is 3. The van der Waals surface area contributed by atoms with Crippen molar-refractivity contribution < 1.29 is 49.1 Å². The molecular formula is C17H29N3O10. The van der Waals surface area contributed by atoms with E-state index in [-0.39, 0.29) is 0 Å². The lowest BCUT2D eigenvalue weighted by Crippen LogP contribution is -2.68. The fourth-order valence-electron chi connectivity index (χ4n) is 2.69. The van der Waals surface area contributed by atoms with E-state index < -0.39 is 79.1 Å². The normalized spacial score (nSPS) is 27.5. The third-order valence-electron chi connectivity index (χ3n) is 3.98. The highest BCUT2D eigenvalue weighted by Crippen LogP contribution is 2.20. The van der Waals surface area contributed by atoms with Gasteiger partial charge in [-0.15, -0.1) is 0 Å². The molecule has 1 aliphatic rings. The van der Waals surface area contributed by atoms with E-state index in [0.29, 0.717) is 0 Å². The molecular weight excluding hydrogens is 406 g/mol. The number of ether oxygens (including phenoxy) is 2. The molecule has 0 aromatic heterocycles. The molecule has 1 rings (SSSR count). The largest absolute Gasteiger partial charge is 0.480 e. The van der Waals surface area contributed by atoms with Crippen molar-refractivity contribution in [3.05, 3.63) is 0 Å². The summed E-state index contributed by atoms with van der Waals surface area (Å²) < 4.78 is 10.3. The van der Waals surface area contributed by atoms with Crippen molar-refractivity contribution >= 4 is 23.9 Å². The molecule has 0 spiro atoms. The predicted octanol–water partition coefficient (Wildman–Crippen LogP) is -2.59. The first-order chi connectivity index (χ1) is 13.7. The summed E-state index contributed by atoms with van der Waals surface area (Å²) >= 11 is 0. The second-order valence-electron chi connectivity index (χ2n) is 7.79. The summed E-state index contributed by atoms with van der Waals surface area (Å²) in [4.78, 5) is 46.9. The van der Waals surface area contributed by atoms with Crippen LogP contribution in [-0.4, -0.2) is 93.1 Å². The first-order valence-corrected chi connectivity index (χ1v) is 9.16. The Hall–Kier alpha value is -2.48. The highest BCUT2D eigenvalue weighted by molar-refractivity contribution is 5.87. The highest BCUT2D eigenvalue weighted by Gasteiger charge is 2.45. The SMILES string of the molecule is CC(=O)N[C@@H]1[C@@H](O)[C@H](O)[C@@H](CO)O[C@H]1NC(=O)C[C@H](NC(=O)OC(C)(C)C)C(=O)O. The zero-order valence-electron chi connectivity index (χ0n) is 17.1. The van der Waals surface area contributed by atoms with E-state index in [0.717, 1.165) is 6.92 Å². The quantitative estimate of drug-likeness (QED) is 0.222. The number of carboxylic acids is 1. The van der Waals surface area contributed by atoms with Crippen LogP contribution in [0.25, 0.3) is 0 Å². The summed E-state index contributed by atoms with van der Waals surface area (Å²) in [6.07, 6.45) is -7.52. The minimum absolute atomic E-state index is 0.591. The Morgan fingerprint density at radius 1 is 1.10 bits per heavy atom. The van der Waals surface area contributed by atoms with Crippen molar-refractivity contribution in [3.63, 3.8) is 0 Å². The lowest BCUT2D eigenvalue weighted by atomic mass is 9.95. The van der Waals surface area contributed by atoms with E-state index in [1.807, 2.05) is 0 Å². The van der Waals surface area contributed by atoms with Crippen LogP contribution in [0.5, 0.6) is 0 Å². The van der Waals surface area contributed by atoms with Gasteiger partial charge in [0.1, 0.15) is 36.0 Å². The second kappa shape index (κ2) is 10.5. The molecule has 6 atom stereocenters. The minimum Gasteiger partial charge on any atom is -0.480 e. The maximum absolute atomic E-state index is 12.3. The number of amides is 3. The smallest absolute Gasteiger partial charge is 0.408 e. The number of carboxylic acid groups (broad SMARTS) is 1. The van der Waals surface area contributed by atoms with Crippen molar-refractivity contribution in [2.45, 2.75) is 76.3 Å². The molecule has 1 aliphatic heterocycles. The molecule has 0 aromatic rings. The number of aliphatic carboxylic acids is 1. The van der Waals surface area contributed by atoms with E-state index in [9.17, 15) is 39.6 Å². The number of rotatable bonds is 7. The van der Waals surface area contributed by atoms with Gasteiger partial charge in [-0.3, -0.25) is 9.59 Å². The third kappa shape index (κ3) is 7.74. The highest BCUT2D eigenvalue weighted by atomic mass is 16.6. The van der Waals surface area contributed by atoms with Crippen LogP contribution in [0.4, 0.5) is 4.79 Å². The zero-order valence-corrected chi connectivity index (χ0v) is 17.1. The number of alkyl carbamates (subject to hydrolysis) is 1. The topological polar surface area (TPSA) is 204 Å². The van der Waals surface area contributed by atoms with Gasteiger partial charge >= 0.3 is 12.1 Å². The third-order valence-corrected chi connectivity index (χ3v) is 3.98. The fourth-order valence-corrected chi connectivity index (χ4v) is 2.69. The first kappa shape index (κ1) is 25.6. The van der Waals surface area contributed by atoms with Crippen molar-refractivity contribution in [2.75, 3.05) is 6.61 Å². The van der Waals surface area contributed by atoms with E-state index in [2.05, 4.69) is 16.0 Å². The average molecular weight is 435 g/mol. The van der Waals surface area contributed by atoms with E-state index in [1.165, 1.54) is 0 Å². The standard InChI is InChI=1S/C17H29N3O10/c1-7(22)18-11-13(25)12(24)9(6-21)29-14(11)20-10(23)5-8(15(26)27)19-16(28)30-17(2,3)4/h8-9,11-14,21,24-25H,5-6H2,1-4H3,(H,18,22)(H,19,28)(H,20,23)(H,26,27)/t8-,9+,11+,12+,13+,14+/m0/s1. The van der Waals surface area contributed by atoms with Gasteiger partial charge in [-0.2, -0.15) is 0 Å². The van der Waals surface area contributed by atoms with Gasteiger partial charge in [0.2, 0.25) is 11.8 Å². The molecule has 13 heteroatoms. The summed E-state index contributed by atoms with van der Waals surface area (Å²) in [7, 11) is 0. The van der Waals surface area contributed by atoms with Gasteiger partial charge < -0.3 is 45.9 Å². The lowest BCUT2D eigenvalue weighted by Gasteiger charge is -2.42. The molecule has 1 fully saturated rings. The predicted molar refractivity (Wildman–Crippen MR) is 98.9 cm³/mol. The maximum Gasteiger partial charge on any atom is 0.408 e. The van der Waals surface area contributed by atoms with Gasteiger partial charge in [-0.25, -0.2) is 9.59 Å². The van der Waals surface area contributed by atoms with Crippen molar-refractivity contribution in [2.24, 2.45) is 0 Å². The molecule has 0 unspecified atom stereocenters. The van der Waals surface area contributed by atoms with E-state index in [1.54, 1.807) is 20.8 Å². The van der Waals surface area contributed by atoms with Crippen molar-refractivity contribution in [3.8, 4) is 0 Å². The molecule has 1 heterocycles. The van der Waals surface area contributed by atoms with Crippen LogP contribution in [0.3, 0.4) is 0 Å². The number of aliphatic hydroxyl groups is 3. The monoisotopic (exact) mass is 435 g/mol. The fraction of sp³-hybridized carbons (Fsp3) is 0.765. The minimum atomic E-state index is -1.63. The molecule has 3 amide bonds. The molecule has 0 bridgehead atoms. The Kier molecular flexibility index (Phi) is 8.96. The summed E-state index contributed by atoms with van der Waals surface area (Å²) in [6, 6.07) is -2.90. The molecule has 7 N–H and O–H groups in total. The van der Waals surface area contributed by atoms with Crippen LogP contribution in [0.1, 0.15) is 34.1 Å². The summed E-state index contributed by atoms with van der Waals surface area (Å²) in [5, 5.41) is 45.3. The molecule has 0 radical (unpaired) electrons. The van der Waals surface area contributed by atoms with Crippen molar-refractivity contribution in [1.82, 2.24) is 16.0 Å². The van der Waals surface area contributed by atoms with Gasteiger partial charge in [0.25, 0.3) is 0 Å². The second-order valence-corrected chi connectivity index (χ2v) is 7.79. The van der Waals surface area contributed by atoms with Gasteiger partial charge in [0.05, 0.1) is 13.0 Å². The Morgan fingerprint density at radius 2 is 1.70 bits per heavy atom. The molecule has 0 aliphatic carbocycles. The number of aliphatic hydroxyl groups excluding tert-OH is 3. The average Bonchev–Trinajstić information content (AvgIpc) is 2.58. The first-order valence-electron chi connectivity index (χ1n) is 9.16. The number of hydrogen-bond acceptors (Lipinski definition) is 9. The zero-order chi connectivity index (χ0) is 23.2. The van der Waals surface area contributed by atoms with Gasteiger partial charge in [0.15, 0.2) is 6.23 Å². The van der Waals surface area contributed by atoms with Crippen LogP contribution in [-0.2, 0) is 23.9 Å². The Labute approximate surface area is 172 Å². The number of hydrogen-bond donors (Lipinski definition) is 7. The summed E-state index contributed by atoms with van der Waals surface area (Å²) in [5.74, 6) is -2.99. The van der Waals surface area contributed by atoms with Gasteiger partial charge in [-0.05, 0) is 20.8 Å². The Bertz CT molecular complexity index is 650. The molecule has 13 nitrogen and oxygen atoms in total. The summed E-state index contributed by atoms with van der Waals surface area (Å²) in [6.45, 7) is 5.19. The molecule has 1 saturated heterocycles. The van der Waals surface area contributed by atoms with Crippen LogP contribution in [0.2, 0.25) is 0 Å². The van der Waals surface area contributed by atoms with Gasteiger partial charge in [-0.1, -0.05) is 0 Å². The Balaban J connectivity index is 2.85. The maximum atomic E-state index is 12.3. The van der Waals surface area contributed by atoms with E-state index >= 15 is 0 Å². The van der Waals surface area contributed by atoms with E-state index in [4.69, 9.17) is 9.47 Å². The van der Waals surface area contributed by atoms with Crippen molar-refractivity contribution in [1.29, 1.82) is 0 Å². The molecule has 0 saturated carbocycles. The van der Waals surface area contributed by atoms with Crippen LogP contribution in [0.15, 0.2) is 0 Å². The lowest BCUT2D eigenvalue weighted by molar-refractivity contribution is -0.203. The van der Waals surface area contributed by atoms with Crippen LogP contribution >= 0.6 is 0 Å². The molecule has 30 heavy (non-hydrogen) atoms. The Morgan fingerprint density at radius 3 is 2.17 bits per heavy atom. The van der Waals surface area contributed by atoms with Gasteiger partial charge in [0, 0.05) is 6.92 Å².